The first-order chi connectivity index (χ1) is 4.89. The zero-order chi connectivity index (χ0) is 9.07. The topological polar surface area (TPSA) is 15.6 Å². The van der Waals surface area contributed by atoms with Crippen LogP contribution in [0.15, 0.2) is 4.99 Å². The van der Waals surface area contributed by atoms with E-state index in [1.807, 2.05) is 0 Å². The van der Waals surface area contributed by atoms with Crippen molar-refractivity contribution >= 4 is 5.84 Å². The zero-order valence-electron chi connectivity index (χ0n) is 6.74. The molecule has 0 spiro atoms. The number of halogens is 3. The van der Waals surface area contributed by atoms with Crippen LogP contribution in [0.2, 0.25) is 0 Å². The average Bonchev–Trinajstić information content (AvgIpc) is 1.79. The van der Waals surface area contributed by atoms with E-state index in [1.165, 1.54) is 14.1 Å². The minimum absolute atomic E-state index is 0.146. The summed E-state index contributed by atoms with van der Waals surface area (Å²) in [5.74, 6) is -0.833. The Kier molecular flexibility index (Phi) is 3.35. The first kappa shape index (κ1) is 10.3. The van der Waals surface area contributed by atoms with Crippen LogP contribution in [0.5, 0.6) is 0 Å². The van der Waals surface area contributed by atoms with Crippen molar-refractivity contribution in [1.29, 1.82) is 0 Å². The first-order valence-corrected chi connectivity index (χ1v) is 3.18. The van der Waals surface area contributed by atoms with E-state index in [4.69, 9.17) is 0 Å². The lowest BCUT2D eigenvalue weighted by molar-refractivity contribution is -0.0670. The van der Waals surface area contributed by atoms with Crippen molar-refractivity contribution in [1.82, 2.24) is 4.90 Å². The Morgan fingerprint density at radius 3 is 1.91 bits per heavy atom. The molecule has 0 saturated heterocycles. The highest BCUT2D eigenvalue weighted by molar-refractivity contribution is 5.87. The molecule has 0 bridgehead atoms. The Morgan fingerprint density at radius 2 is 1.82 bits per heavy atom. The second-order valence-corrected chi connectivity index (χ2v) is 2.19. The van der Waals surface area contributed by atoms with Crippen LogP contribution in [0.25, 0.3) is 0 Å². The van der Waals surface area contributed by atoms with E-state index in [2.05, 4.69) is 4.99 Å². The van der Waals surface area contributed by atoms with Gasteiger partial charge in [0.15, 0.2) is 0 Å². The van der Waals surface area contributed by atoms with Crippen LogP contribution in [0.4, 0.5) is 13.2 Å². The van der Waals surface area contributed by atoms with Gasteiger partial charge in [0.05, 0.1) is 0 Å². The molecule has 0 amide bonds. The number of alkyl halides is 3. The SMILES string of the molecule is CCN=C(N(C)C)C(F)(F)F. The molecule has 0 heterocycles. The Morgan fingerprint density at radius 1 is 1.36 bits per heavy atom. The molecule has 2 nitrogen and oxygen atoms in total. The van der Waals surface area contributed by atoms with Crippen molar-refractivity contribution in [2.75, 3.05) is 20.6 Å². The lowest BCUT2D eigenvalue weighted by atomic mass is 10.5. The molecule has 0 aliphatic carbocycles. The molecule has 0 fully saturated rings. The summed E-state index contributed by atoms with van der Waals surface area (Å²) in [4.78, 5) is 4.27. The fourth-order valence-corrected chi connectivity index (χ4v) is 0.634. The number of aliphatic imine (C=N–C) groups is 1. The molecular formula is C6H11F3N2. The third kappa shape index (κ3) is 3.25. The van der Waals surface area contributed by atoms with E-state index in [-0.39, 0.29) is 6.54 Å². The number of rotatable bonds is 1. The van der Waals surface area contributed by atoms with Crippen LogP contribution in [0.3, 0.4) is 0 Å². The van der Waals surface area contributed by atoms with Crippen LogP contribution in [0, 0.1) is 0 Å². The second-order valence-electron chi connectivity index (χ2n) is 2.19. The molecule has 0 aromatic rings. The van der Waals surface area contributed by atoms with Crippen molar-refractivity contribution in [2.45, 2.75) is 13.1 Å². The number of hydrogen-bond acceptors (Lipinski definition) is 1. The lowest BCUT2D eigenvalue weighted by Gasteiger charge is -2.17. The van der Waals surface area contributed by atoms with Gasteiger partial charge in [0, 0.05) is 20.6 Å². The molecule has 0 atom stereocenters. The van der Waals surface area contributed by atoms with Crippen molar-refractivity contribution < 1.29 is 13.2 Å². The van der Waals surface area contributed by atoms with E-state index >= 15 is 0 Å². The van der Waals surface area contributed by atoms with Gasteiger partial charge in [-0.3, -0.25) is 4.99 Å². The molecule has 0 aliphatic heterocycles. The normalized spacial score (nSPS) is 13.5. The highest BCUT2D eigenvalue weighted by atomic mass is 19.4. The molecule has 0 unspecified atom stereocenters. The molecule has 0 saturated carbocycles. The second kappa shape index (κ2) is 3.59. The van der Waals surface area contributed by atoms with E-state index in [1.54, 1.807) is 6.92 Å². The molecule has 0 radical (unpaired) electrons. The number of amidine groups is 1. The summed E-state index contributed by atoms with van der Waals surface area (Å²) in [7, 11) is 2.64. The van der Waals surface area contributed by atoms with Crippen molar-refractivity contribution in [3.63, 3.8) is 0 Å². The van der Waals surface area contributed by atoms with Crippen molar-refractivity contribution in [2.24, 2.45) is 4.99 Å². The van der Waals surface area contributed by atoms with Crippen LogP contribution >= 0.6 is 0 Å². The third-order valence-electron chi connectivity index (χ3n) is 0.985. The van der Waals surface area contributed by atoms with Crippen LogP contribution in [-0.2, 0) is 0 Å². The number of hydrogen-bond donors (Lipinski definition) is 0. The Labute approximate surface area is 63.7 Å². The predicted molar refractivity (Wildman–Crippen MR) is 37.7 cm³/mol. The monoisotopic (exact) mass is 168 g/mol. The van der Waals surface area contributed by atoms with Crippen LogP contribution in [-0.4, -0.2) is 37.6 Å². The Balaban J connectivity index is 4.49. The third-order valence-corrected chi connectivity index (χ3v) is 0.985. The maximum Gasteiger partial charge on any atom is 0.449 e. The summed E-state index contributed by atoms with van der Waals surface area (Å²) in [6, 6.07) is 0. The summed E-state index contributed by atoms with van der Waals surface area (Å²) in [6.07, 6.45) is -4.33. The van der Waals surface area contributed by atoms with Crippen LogP contribution < -0.4 is 0 Å². The fraction of sp³-hybridized carbons (Fsp3) is 0.833. The zero-order valence-corrected chi connectivity index (χ0v) is 6.74. The van der Waals surface area contributed by atoms with Gasteiger partial charge in [0.1, 0.15) is 0 Å². The van der Waals surface area contributed by atoms with Gasteiger partial charge in [-0.05, 0) is 6.92 Å². The molecule has 0 rings (SSSR count). The van der Waals surface area contributed by atoms with Gasteiger partial charge in [-0.15, -0.1) is 0 Å². The highest BCUT2D eigenvalue weighted by Gasteiger charge is 2.36. The summed E-state index contributed by atoms with van der Waals surface area (Å²) >= 11 is 0. The standard InChI is InChI=1S/C6H11F3N2/c1-4-10-5(11(2)3)6(7,8)9/h4H2,1-3H3. The largest absolute Gasteiger partial charge is 0.449 e. The quantitative estimate of drug-likeness (QED) is 0.428. The molecule has 5 heteroatoms. The van der Waals surface area contributed by atoms with Gasteiger partial charge in [-0.1, -0.05) is 0 Å². The fourth-order valence-electron chi connectivity index (χ4n) is 0.634. The molecule has 0 N–H and O–H groups in total. The first-order valence-electron chi connectivity index (χ1n) is 3.18. The van der Waals surface area contributed by atoms with E-state index in [0.717, 1.165) is 4.90 Å². The average molecular weight is 168 g/mol. The van der Waals surface area contributed by atoms with E-state index in [0.29, 0.717) is 0 Å². The van der Waals surface area contributed by atoms with Crippen molar-refractivity contribution in [3.8, 4) is 0 Å². The smallest absolute Gasteiger partial charge is 0.359 e. The summed E-state index contributed by atoms with van der Waals surface area (Å²) in [6.45, 7) is 1.71. The Bertz CT molecular complexity index is 148. The Hall–Kier alpha value is -0.740. The molecule has 0 aliphatic rings. The summed E-state index contributed by atoms with van der Waals surface area (Å²) < 4.78 is 36.0. The van der Waals surface area contributed by atoms with E-state index < -0.39 is 12.0 Å². The maximum atomic E-state index is 12.0. The van der Waals surface area contributed by atoms with Gasteiger partial charge >= 0.3 is 6.18 Å². The predicted octanol–water partition coefficient (Wildman–Crippen LogP) is 1.53. The van der Waals surface area contributed by atoms with E-state index in [9.17, 15) is 13.2 Å². The van der Waals surface area contributed by atoms with Gasteiger partial charge in [-0.25, -0.2) is 0 Å². The van der Waals surface area contributed by atoms with Crippen LogP contribution in [0.1, 0.15) is 6.92 Å². The molecular weight excluding hydrogens is 157 g/mol. The van der Waals surface area contributed by atoms with Gasteiger partial charge in [0.25, 0.3) is 0 Å². The maximum absolute atomic E-state index is 12.0. The highest BCUT2D eigenvalue weighted by Crippen LogP contribution is 2.18. The molecule has 66 valence electrons. The molecule has 0 aromatic heterocycles. The van der Waals surface area contributed by atoms with Crippen molar-refractivity contribution in [3.05, 3.63) is 0 Å². The minimum Gasteiger partial charge on any atom is -0.359 e. The summed E-state index contributed by atoms with van der Waals surface area (Å²) in [5, 5.41) is 0. The molecule has 11 heavy (non-hydrogen) atoms. The van der Waals surface area contributed by atoms with Gasteiger partial charge in [0.2, 0.25) is 5.84 Å². The molecule has 0 aromatic carbocycles. The minimum atomic E-state index is -4.33. The van der Waals surface area contributed by atoms with Gasteiger partial charge in [-0.2, -0.15) is 13.2 Å². The lowest BCUT2D eigenvalue weighted by Crippen LogP contribution is -2.36. The number of nitrogens with zero attached hydrogens (tertiary/aromatic N) is 2. The van der Waals surface area contributed by atoms with Gasteiger partial charge < -0.3 is 4.90 Å². The summed E-state index contributed by atoms with van der Waals surface area (Å²) in [5.41, 5.74) is 0.